The third kappa shape index (κ3) is 10.3. The maximum Gasteiger partial charge on any atom is 0.255 e. The van der Waals surface area contributed by atoms with E-state index in [0.29, 0.717) is 85.2 Å². The second-order valence-corrected chi connectivity index (χ2v) is 14.6. The van der Waals surface area contributed by atoms with Gasteiger partial charge in [-0.2, -0.15) is 5.26 Å². The molecule has 62 heavy (non-hydrogen) atoms. The minimum absolute atomic E-state index is 0.0384. The van der Waals surface area contributed by atoms with Gasteiger partial charge in [0, 0.05) is 77.4 Å². The molecule has 6 aromatic rings. The summed E-state index contributed by atoms with van der Waals surface area (Å²) in [4.78, 5) is 66.4. The fourth-order valence-corrected chi connectivity index (χ4v) is 7.14. The lowest BCUT2D eigenvalue weighted by Gasteiger charge is -2.27. The summed E-state index contributed by atoms with van der Waals surface area (Å²) >= 11 is 0. The quantitative estimate of drug-likeness (QED) is 0.173. The fraction of sp³-hybridized carbons (Fsp3) is 0.295. The molecule has 1 amide bonds. The Bertz CT molecular complexity index is 2700. The van der Waals surface area contributed by atoms with Crippen LogP contribution in [0.5, 0.6) is 0 Å². The fourth-order valence-electron chi connectivity index (χ4n) is 7.14. The number of benzene rings is 2. The molecule has 2 fully saturated rings. The molecule has 2 saturated heterocycles. The number of hydrogen-bond donors (Lipinski definition) is 2. The zero-order valence-corrected chi connectivity index (χ0v) is 34.5. The third-order valence-corrected chi connectivity index (χ3v) is 10.3. The highest BCUT2D eigenvalue weighted by atomic mass is 16.5. The number of nitriles is 1. The van der Waals surface area contributed by atoms with Gasteiger partial charge in [0.25, 0.3) is 11.1 Å². The predicted octanol–water partition coefficient (Wildman–Crippen LogP) is 3.74. The average molecular weight is 836 g/mol. The Kier molecular flexibility index (Phi) is 13.6. The molecule has 0 bridgehead atoms. The van der Waals surface area contributed by atoms with Crippen LogP contribution in [-0.4, -0.2) is 90.2 Å². The van der Waals surface area contributed by atoms with Gasteiger partial charge in [-0.1, -0.05) is 30.3 Å². The van der Waals surface area contributed by atoms with Gasteiger partial charge in [0.2, 0.25) is 17.8 Å². The van der Waals surface area contributed by atoms with Crippen molar-refractivity contribution >= 4 is 23.6 Å². The van der Waals surface area contributed by atoms with Gasteiger partial charge in [0.05, 0.1) is 47.5 Å². The van der Waals surface area contributed by atoms with E-state index in [4.69, 9.17) is 24.9 Å². The summed E-state index contributed by atoms with van der Waals surface area (Å²) in [5.74, 6) is 0.848. The number of ether oxygens (including phenoxy) is 2. The molecule has 2 N–H and O–H groups in total. The van der Waals surface area contributed by atoms with Crippen LogP contribution in [0, 0.1) is 16.7 Å². The molecule has 8 rings (SSSR count). The highest BCUT2D eigenvalue weighted by Gasteiger charge is 2.26. The van der Waals surface area contributed by atoms with Crippen LogP contribution < -0.4 is 26.2 Å². The number of hydrogen-bond acceptors (Lipinski definition) is 15. The minimum atomic E-state index is -0.294. The van der Waals surface area contributed by atoms with Gasteiger partial charge in [0.15, 0.2) is 0 Å². The lowest BCUT2D eigenvalue weighted by molar-refractivity contribution is -0.117. The van der Waals surface area contributed by atoms with E-state index >= 15 is 0 Å². The van der Waals surface area contributed by atoms with Crippen molar-refractivity contribution in [3.8, 4) is 28.8 Å². The van der Waals surface area contributed by atoms with Gasteiger partial charge in [0.1, 0.15) is 30.7 Å². The van der Waals surface area contributed by atoms with Crippen molar-refractivity contribution in [2.45, 2.75) is 32.0 Å². The van der Waals surface area contributed by atoms with Crippen molar-refractivity contribution in [3.05, 3.63) is 141 Å². The van der Waals surface area contributed by atoms with E-state index in [9.17, 15) is 19.6 Å². The molecule has 6 heterocycles. The lowest BCUT2D eigenvalue weighted by atomic mass is 10.0. The molecule has 18 heteroatoms. The molecule has 0 saturated carbocycles. The van der Waals surface area contributed by atoms with Gasteiger partial charge in [-0.15, -0.1) is 0 Å². The zero-order chi connectivity index (χ0) is 43.6. The van der Waals surface area contributed by atoms with Crippen LogP contribution in [0.4, 0.5) is 11.9 Å². The maximum atomic E-state index is 12.7. The predicted molar refractivity (Wildman–Crippen MR) is 230 cm³/mol. The van der Waals surface area contributed by atoms with Crippen molar-refractivity contribution in [2.75, 3.05) is 49.2 Å². The Balaban J connectivity index is 0.000000188. The standard InChI is InChI=1S/C23H25N7O3.C21H20N6O2/c1-15(31)27-22(24)17-6-3-5-16(11-17)20-13-30(9-4-10-33-20)23-28-19(12-21(32)29(23)2)18-7-8-25-14-26-18;1-26-20(28)11-18(17-6-7-23-14-24-17)25-21(26)27-8-3-9-29-19(13-27)16-5-2-4-15(10-16)12-22/h3,5-8,11-12,14,20H,4,9-10,13H2,1-2H3,(H2,24,27,31);2,4-7,10-11,14,19H,3,8-9,13H2,1H3/t20-;19-/m11/s1. The topological polar surface area (TPSA) is 223 Å². The molecular formula is C44H45N13O5. The first-order valence-corrected chi connectivity index (χ1v) is 20.0. The van der Waals surface area contributed by atoms with Crippen molar-refractivity contribution in [2.24, 2.45) is 14.1 Å². The second-order valence-electron chi connectivity index (χ2n) is 14.6. The largest absolute Gasteiger partial charge is 0.372 e. The highest BCUT2D eigenvalue weighted by molar-refractivity contribution is 6.05. The van der Waals surface area contributed by atoms with E-state index in [-0.39, 0.29) is 35.1 Å². The number of carbonyl (C=O) groups excluding carboxylic acids is 1. The molecule has 4 aromatic heterocycles. The Hall–Kier alpha value is -7.49. The number of anilines is 2. The van der Waals surface area contributed by atoms with Crippen molar-refractivity contribution in [3.63, 3.8) is 0 Å². The van der Waals surface area contributed by atoms with Crippen molar-refractivity contribution in [1.29, 1.82) is 10.7 Å². The van der Waals surface area contributed by atoms with Crippen LogP contribution in [0.2, 0.25) is 0 Å². The summed E-state index contributed by atoms with van der Waals surface area (Å²) in [5, 5.41) is 19.8. The summed E-state index contributed by atoms with van der Waals surface area (Å²) in [6.07, 6.45) is 7.17. The Morgan fingerprint density at radius 1 is 0.742 bits per heavy atom. The smallest absolute Gasteiger partial charge is 0.255 e. The lowest BCUT2D eigenvalue weighted by Crippen LogP contribution is -2.34. The number of rotatable bonds is 7. The van der Waals surface area contributed by atoms with E-state index in [1.165, 1.54) is 36.3 Å². The zero-order valence-electron chi connectivity index (χ0n) is 34.5. The van der Waals surface area contributed by atoms with Gasteiger partial charge < -0.3 is 24.6 Å². The second kappa shape index (κ2) is 19.7. The van der Waals surface area contributed by atoms with Crippen LogP contribution in [0.15, 0.2) is 107 Å². The molecule has 2 atom stereocenters. The van der Waals surface area contributed by atoms with Crippen LogP contribution in [0.25, 0.3) is 22.8 Å². The monoisotopic (exact) mass is 835 g/mol. The molecule has 0 unspecified atom stereocenters. The molecule has 2 aliphatic heterocycles. The van der Waals surface area contributed by atoms with E-state index in [1.54, 1.807) is 55.3 Å². The Morgan fingerprint density at radius 3 is 1.74 bits per heavy atom. The summed E-state index contributed by atoms with van der Waals surface area (Å²) in [5.41, 5.74) is 4.86. The maximum absolute atomic E-state index is 12.7. The molecule has 0 aliphatic carbocycles. The van der Waals surface area contributed by atoms with Crippen LogP contribution in [0.3, 0.4) is 0 Å². The van der Waals surface area contributed by atoms with Crippen molar-refractivity contribution < 1.29 is 14.3 Å². The number of carbonyl (C=O) groups is 1. The van der Waals surface area contributed by atoms with E-state index < -0.39 is 0 Å². The average Bonchev–Trinajstić information content (AvgIpc) is 3.71. The summed E-state index contributed by atoms with van der Waals surface area (Å²) in [6, 6.07) is 23.4. The number of nitrogens with zero attached hydrogens (tertiary/aromatic N) is 11. The van der Waals surface area contributed by atoms with E-state index in [0.717, 1.165) is 24.0 Å². The molecule has 316 valence electrons. The number of aromatic nitrogens is 8. The first kappa shape index (κ1) is 42.6. The summed E-state index contributed by atoms with van der Waals surface area (Å²) in [7, 11) is 3.41. The molecular weight excluding hydrogens is 791 g/mol. The first-order valence-electron chi connectivity index (χ1n) is 20.0. The Morgan fingerprint density at radius 2 is 1.26 bits per heavy atom. The van der Waals surface area contributed by atoms with Gasteiger partial charge in [-0.25, -0.2) is 29.9 Å². The van der Waals surface area contributed by atoms with E-state index in [2.05, 4.69) is 36.2 Å². The normalized spacial score (nSPS) is 16.5. The van der Waals surface area contributed by atoms with Gasteiger partial charge in [-0.05, 0) is 54.3 Å². The van der Waals surface area contributed by atoms with Crippen LogP contribution >= 0.6 is 0 Å². The molecule has 2 aliphatic rings. The highest BCUT2D eigenvalue weighted by Crippen LogP contribution is 2.28. The first-order chi connectivity index (χ1) is 30.1. The summed E-state index contributed by atoms with van der Waals surface area (Å²) < 4.78 is 15.2. The summed E-state index contributed by atoms with van der Waals surface area (Å²) in [6.45, 7) is 4.91. The molecule has 0 radical (unpaired) electrons. The van der Waals surface area contributed by atoms with E-state index in [1.807, 2.05) is 41.3 Å². The van der Waals surface area contributed by atoms with Gasteiger partial charge in [-0.3, -0.25) is 28.9 Å². The third-order valence-electron chi connectivity index (χ3n) is 10.3. The molecule has 0 spiro atoms. The van der Waals surface area contributed by atoms with Crippen LogP contribution in [-0.2, 0) is 28.4 Å². The molecule has 2 aromatic carbocycles. The van der Waals surface area contributed by atoms with Gasteiger partial charge >= 0.3 is 0 Å². The number of amidine groups is 1. The SMILES string of the molecule is CC(=O)NC(=N)c1cccc([C@H]2CN(c3nc(-c4ccncn4)cc(=O)n3C)CCCO2)c1.Cn1c(N2CCCO[C@@H](c3cccc(C#N)c3)C2)nc(-c2ccncn2)cc1=O. The Labute approximate surface area is 357 Å². The molecule has 18 nitrogen and oxygen atoms in total. The van der Waals surface area contributed by atoms with Crippen molar-refractivity contribution in [1.82, 2.24) is 44.4 Å². The minimum Gasteiger partial charge on any atom is -0.372 e. The van der Waals surface area contributed by atoms with Crippen LogP contribution in [0.1, 0.15) is 54.2 Å². The number of nitrogens with one attached hydrogen (secondary N) is 2. The number of amides is 1.